The van der Waals surface area contributed by atoms with E-state index in [1.807, 2.05) is 0 Å². The van der Waals surface area contributed by atoms with E-state index in [1.165, 1.54) is 18.5 Å². The van der Waals surface area contributed by atoms with Crippen molar-refractivity contribution in [2.75, 3.05) is 5.32 Å². The number of hydrogen-bond acceptors (Lipinski definition) is 3. The van der Waals surface area contributed by atoms with Gasteiger partial charge in [0.2, 0.25) is 5.91 Å². The van der Waals surface area contributed by atoms with Crippen LogP contribution in [0.25, 0.3) is 10.9 Å². The van der Waals surface area contributed by atoms with Crippen molar-refractivity contribution in [1.29, 1.82) is 0 Å². The molecule has 0 aliphatic heterocycles. The molecule has 0 bridgehead atoms. The first-order valence-corrected chi connectivity index (χ1v) is 7.68. The average Bonchev–Trinajstić information content (AvgIpc) is 2.57. The molecule has 2 aromatic carbocycles. The zero-order valence-electron chi connectivity index (χ0n) is 13.7. The van der Waals surface area contributed by atoms with Gasteiger partial charge in [0.1, 0.15) is 6.54 Å². The number of nitrogens with one attached hydrogen (secondary N) is 1. The second-order valence-corrected chi connectivity index (χ2v) is 5.74. The van der Waals surface area contributed by atoms with Gasteiger partial charge in [-0.2, -0.15) is 13.2 Å². The summed E-state index contributed by atoms with van der Waals surface area (Å²) in [6.45, 7) is 1.36. The normalized spacial score (nSPS) is 11.5. The van der Waals surface area contributed by atoms with Crippen molar-refractivity contribution >= 4 is 22.5 Å². The van der Waals surface area contributed by atoms with Gasteiger partial charge >= 0.3 is 6.18 Å². The largest absolute Gasteiger partial charge is 0.418 e. The van der Waals surface area contributed by atoms with Gasteiger partial charge in [-0.05, 0) is 30.7 Å². The number of carbonyl (C=O) groups excluding carboxylic acids is 1. The Labute approximate surface area is 146 Å². The van der Waals surface area contributed by atoms with Crippen molar-refractivity contribution in [1.82, 2.24) is 9.55 Å². The molecule has 0 aliphatic carbocycles. The monoisotopic (exact) mass is 361 g/mol. The molecule has 3 aromatic rings. The summed E-state index contributed by atoms with van der Waals surface area (Å²) in [5.41, 5.74) is -0.402. The number of hydrogen-bond donors (Lipinski definition) is 1. The third kappa shape index (κ3) is 3.44. The highest BCUT2D eigenvalue weighted by Crippen LogP contribution is 2.34. The molecule has 1 amide bonds. The van der Waals surface area contributed by atoms with Crippen molar-refractivity contribution in [3.05, 3.63) is 70.3 Å². The molecule has 0 aliphatic rings. The fourth-order valence-corrected chi connectivity index (χ4v) is 2.63. The van der Waals surface area contributed by atoms with Gasteiger partial charge in [-0.25, -0.2) is 4.98 Å². The van der Waals surface area contributed by atoms with E-state index in [1.54, 1.807) is 25.1 Å². The molecular weight excluding hydrogens is 347 g/mol. The van der Waals surface area contributed by atoms with E-state index in [0.717, 1.165) is 22.3 Å². The van der Waals surface area contributed by atoms with E-state index in [-0.39, 0.29) is 5.69 Å². The highest BCUT2D eigenvalue weighted by atomic mass is 19.4. The first kappa shape index (κ1) is 17.7. The van der Waals surface area contributed by atoms with Crippen LogP contribution in [0.15, 0.2) is 53.6 Å². The number of benzene rings is 2. The van der Waals surface area contributed by atoms with Crippen LogP contribution in [0.4, 0.5) is 18.9 Å². The predicted octanol–water partition coefficient (Wildman–Crippen LogP) is 3.36. The van der Waals surface area contributed by atoms with E-state index in [4.69, 9.17) is 0 Å². The fraction of sp³-hybridized carbons (Fsp3) is 0.167. The first-order valence-electron chi connectivity index (χ1n) is 7.68. The molecule has 1 N–H and O–H groups in total. The summed E-state index contributed by atoms with van der Waals surface area (Å²) in [4.78, 5) is 28.8. The van der Waals surface area contributed by atoms with Crippen molar-refractivity contribution in [3.8, 4) is 0 Å². The Bertz CT molecular complexity index is 1040. The second-order valence-electron chi connectivity index (χ2n) is 5.74. The molecule has 0 saturated heterocycles. The number of rotatable bonds is 3. The number of nitrogens with zero attached hydrogens (tertiary/aromatic N) is 2. The molecule has 0 radical (unpaired) electrons. The quantitative estimate of drug-likeness (QED) is 0.778. The zero-order valence-corrected chi connectivity index (χ0v) is 13.7. The molecule has 0 fully saturated rings. The van der Waals surface area contributed by atoms with Gasteiger partial charge in [0.15, 0.2) is 0 Å². The van der Waals surface area contributed by atoms with Crippen molar-refractivity contribution in [2.24, 2.45) is 0 Å². The Morgan fingerprint density at radius 2 is 1.88 bits per heavy atom. The standard InChI is InChI=1S/C18H14F3N3O2/c1-11-5-4-6-12-16(11)22-10-24(17(12)26)9-15(25)23-14-8-3-2-7-13(14)18(19,20)21/h2-8,10H,9H2,1H3,(H,23,25). The van der Waals surface area contributed by atoms with E-state index >= 15 is 0 Å². The molecular formula is C18H14F3N3O2. The lowest BCUT2D eigenvalue weighted by Gasteiger charge is -2.14. The summed E-state index contributed by atoms with van der Waals surface area (Å²) in [7, 11) is 0. The maximum atomic E-state index is 13.0. The average molecular weight is 361 g/mol. The number of alkyl halides is 3. The van der Waals surface area contributed by atoms with Crippen LogP contribution in [0, 0.1) is 6.92 Å². The Kier molecular flexibility index (Phi) is 4.50. The molecule has 0 atom stereocenters. The molecule has 26 heavy (non-hydrogen) atoms. The summed E-state index contributed by atoms with van der Waals surface area (Å²) in [6, 6.07) is 9.75. The van der Waals surface area contributed by atoms with E-state index < -0.39 is 29.8 Å². The van der Waals surface area contributed by atoms with Crippen LogP contribution in [0.1, 0.15) is 11.1 Å². The van der Waals surface area contributed by atoms with E-state index in [2.05, 4.69) is 10.3 Å². The Balaban J connectivity index is 1.87. The second kappa shape index (κ2) is 6.62. The number of carbonyl (C=O) groups is 1. The maximum Gasteiger partial charge on any atom is 0.418 e. The van der Waals surface area contributed by atoms with Crippen LogP contribution < -0.4 is 10.9 Å². The van der Waals surface area contributed by atoms with Crippen molar-refractivity contribution in [3.63, 3.8) is 0 Å². The maximum absolute atomic E-state index is 13.0. The number of anilines is 1. The Morgan fingerprint density at radius 3 is 2.62 bits per heavy atom. The van der Waals surface area contributed by atoms with Gasteiger partial charge < -0.3 is 5.32 Å². The number of fused-ring (bicyclic) bond motifs is 1. The summed E-state index contributed by atoms with van der Waals surface area (Å²) in [5.74, 6) is -0.752. The number of halogens is 3. The number of amides is 1. The Morgan fingerprint density at radius 1 is 1.15 bits per heavy atom. The summed E-state index contributed by atoms with van der Waals surface area (Å²) >= 11 is 0. The van der Waals surface area contributed by atoms with Crippen LogP contribution in [0.3, 0.4) is 0 Å². The number of aryl methyl sites for hydroxylation is 1. The molecule has 1 heterocycles. The zero-order chi connectivity index (χ0) is 18.9. The van der Waals surface area contributed by atoms with Gasteiger partial charge in [0, 0.05) is 0 Å². The lowest BCUT2D eigenvalue weighted by atomic mass is 10.1. The number of aromatic nitrogens is 2. The van der Waals surface area contributed by atoms with Crippen LogP contribution in [-0.4, -0.2) is 15.5 Å². The predicted molar refractivity (Wildman–Crippen MR) is 90.8 cm³/mol. The highest BCUT2D eigenvalue weighted by Gasteiger charge is 2.33. The first-order chi connectivity index (χ1) is 12.3. The summed E-state index contributed by atoms with van der Waals surface area (Å²) in [5, 5.41) is 2.55. The molecule has 0 saturated carbocycles. The SMILES string of the molecule is Cc1cccc2c(=O)n(CC(=O)Nc3ccccc3C(F)(F)F)cnc12. The topological polar surface area (TPSA) is 64.0 Å². The van der Waals surface area contributed by atoms with Crippen LogP contribution in [-0.2, 0) is 17.5 Å². The molecule has 134 valence electrons. The van der Waals surface area contributed by atoms with Crippen LogP contribution >= 0.6 is 0 Å². The van der Waals surface area contributed by atoms with E-state index in [9.17, 15) is 22.8 Å². The lowest BCUT2D eigenvalue weighted by molar-refractivity contribution is -0.137. The van der Waals surface area contributed by atoms with Crippen LogP contribution in [0.5, 0.6) is 0 Å². The van der Waals surface area contributed by atoms with Gasteiger partial charge in [0.25, 0.3) is 5.56 Å². The molecule has 0 unspecified atom stereocenters. The summed E-state index contributed by atoms with van der Waals surface area (Å²) < 4.78 is 40.0. The molecule has 8 heteroatoms. The number of para-hydroxylation sites is 2. The minimum absolute atomic E-state index is 0.344. The van der Waals surface area contributed by atoms with Gasteiger partial charge in [-0.1, -0.05) is 24.3 Å². The van der Waals surface area contributed by atoms with E-state index in [0.29, 0.717) is 10.9 Å². The van der Waals surface area contributed by atoms with Gasteiger partial charge in [0.05, 0.1) is 28.5 Å². The minimum atomic E-state index is -4.59. The molecule has 0 spiro atoms. The molecule has 5 nitrogen and oxygen atoms in total. The summed E-state index contributed by atoms with van der Waals surface area (Å²) in [6.07, 6.45) is -3.38. The Hall–Kier alpha value is -3.16. The van der Waals surface area contributed by atoms with Gasteiger partial charge in [-0.15, -0.1) is 0 Å². The lowest BCUT2D eigenvalue weighted by Crippen LogP contribution is -2.28. The van der Waals surface area contributed by atoms with Crippen molar-refractivity contribution < 1.29 is 18.0 Å². The smallest absolute Gasteiger partial charge is 0.324 e. The molecule has 1 aromatic heterocycles. The molecule has 3 rings (SSSR count). The third-order valence-electron chi connectivity index (χ3n) is 3.88. The van der Waals surface area contributed by atoms with Gasteiger partial charge in [-0.3, -0.25) is 14.2 Å². The minimum Gasteiger partial charge on any atom is -0.324 e. The fourth-order valence-electron chi connectivity index (χ4n) is 2.63. The van der Waals surface area contributed by atoms with Crippen LogP contribution in [0.2, 0.25) is 0 Å². The highest BCUT2D eigenvalue weighted by molar-refractivity contribution is 5.91. The third-order valence-corrected chi connectivity index (χ3v) is 3.88. The van der Waals surface area contributed by atoms with Crippen molar-refractivity contribution in [2.45, 2.75) is 19.6 Å².